The molecule has 0 atom stereocenters. The van der Waals surface area contributed by atoms with Crippen LogP contribution in [-0.2, 0) is 5.41 Å². The lowest BCUT2D eigenvalue weighted by Crippen LogP contribution is -2.25. The normalized spacial score (nSPS) is 16.6. The predicted octanol–water partition coefficient (Wildman–Crippen LogP) is 3.60. The largest absolute Gasteiger partial charge is 0.311 e. The number of carbonyl (C=O) groups is 1. The highest BCUT2D eigenvalue weighted by molar-refractivity contribution is 6.08. The molecule has 0 unspecified atom stereocenters. The number of nitrogens with zero attached hydrogens (tertiary/aromatic N) is 1. The van der Waals surface area contributed by atoms with E-state index in [1.54, 1.807) is 4.90 Å². The van der Waals surface area contributed by atoms with Crippen molar-refractivity contribution in [2.45, 2.75) is 19.3 Å². The molecule has 0 spiro atoms. The second-order valence-electron chi connectivity index (χ2n) is 5.55. The summed E-state index contributed by atoms with van der Waals surface area (Å²) in [5.74, 6) is 0.0635. The third-order valence-electron chi connectivity index (χ3n) is 4.07. The van der Waals surface area contributed by atoms with E-state index < -0.39 is 0 Å². The van der Waals surface area contributed by atoms with Gasteiger partial charge in [0, 0.05) is 23.7 Å². The molecule has 0 radical (unpaired) electrons. The molecule has 0 saturated carbocycles. The van der Waals surface area contributed by atoms with Gasteiger partial charge in [-0.15, -0.1) is 0 Å². The van der Waals surface area contributed by atoms with E-state index in [-0.39, 0.29) is 11.3 Å². The van der Waals surface area contributed by atoms with Crippen molar-refractivity contribution in [2.24, 2.45) is 0 Å². The second-order valence-corrected chi connectivity index (χ2v) is 5.55. The highest BCUT2D eigenvalue weighted by Crippen LogP contribution is 2.41. The van der Waals surface area contributed by atoms with Gasteiger partial charge in [-0.05, 0) is 23.3 Å². The molecule has 0 saturated heterocycles. The molecule has 2 nitrogen and oxygen atoms in total. The zero-order chi connectivity index (χ0) is 13.6. The molecule has 1 amide bonds. The van der Waals surface area contributed by atoms with Crippen LogP contribution in [0.15, 0.2) is 48.5 Å². The van der Waals surface area contributed by atoms with E-state index in [0.29, 0.717) is 0 Å². The van der Waals surface area contributed by atoms with E-state index in [0.717, 1.165) is 16.8 Å². The molecule has 3 rings (SSSR count). The number of amides is 1. The lowest BCUT2D eigenvalue weighted by atomic mass is 9.76. The minimum absolute atomic E-state index is 0.0635. The van der Waals surface area contributed by atoms with Gasteiger partial charge in [0.1, 0.15) is 0 Å². The van der Waals surface area contributed by atoms with Crippen LogP contribution in [-0.4, -0.2) is 13.0 Å². The monoisotopic (exact) mass is 251 g/mol. The first-order valence-electron chi connectivity index (χ1n) is 6.50. The minimum atomic E-state index is -0.173. The van der Waals surface area contributed by atoms with Gasteiger partial charge in [0.15, 0.2) is 0 Å². The van der Waals surface area contributed by atoms with Crippen LogP contribution in [0, 0.1) is 0 Å². The Morgan fingerprint density at radius 3 is 2.21 bits per heavy atom. The van der Waals surface area contributed by atoms with Crippen molar-refractivity contribution >= 4 is 11.6 Å². The zero-order valence-electron chi connectivity index (χ0n) is 11.5. The van der Waals surface area contributed by atoms with Crippen molar-refractivity contribution < 1.29 is 4.79 Å². The molecule has 2 heteroatoms. The Hall–Kier alpha value is -2.09. The van der Waals surface area contributed by atoms with E-state index in [9.17, 15) is 4.79 Å². The van der Waals surface area contributed by atoms with Crippen LogP contribution in [0.25, 0.3) is 0 Å². The summed E-state index contributed by atoms with van der Waals surface area (Å²) in [5, 5.41) is 0. The first-order chi connectivity index (χ1) is 9.03. The van der Waals surface area contributed by atoms with E-state index in [2.05, 4.69) is 26.0 Å². The molecule has 0 bridgehead atoms. The molecule has 1 heterocycles. The lowest BCUT2D eigenvalue weighted by molar-refractivity contribution is 0.0992. The average molecular weight is 251 g/mol. The Labute approximate surface area is 113 Å². The van der Waals surface area contributed by atoms with Gasteiger partial charge in [-0.3, -0.25) is 4.79 Å². The van der Waals surface area contributed by atoms with E-state index in [1.807, 2.05) is 43.4 Å². The van der Waals surface area contributed by atoms with Crippen LogP contribution in [0.5, 0.6) is 0 Å². The number of fused-ring (bicyclic) bond motifs is 2. The second kappa shape index (κ2) is 3.95. The van der Waals surface area contributed by atoms with Crippen molar-refractivity contribution in [3.05, 3.63) is 65.2 Å². The van der Waals surface area contributed by atoms with Crippen molar-refractivity contribution in [3.63, 3.8) is 0 Å². The summed E-state index contributed by atoms with van der Waals surface area (Å²) in [5.41, 5.74) is 3.90. The first kappa shape index (κ1) is 12.0. The fourth-order valence-electron chi connectivity index (χ4n) is 2.94. The highest BCUT2D eigenvalue weighted by Gasteiger charge is 2.35. The summed E-state index contributed by atoms with van der Waals surface area (Å²) in [6.45, 7) is 4.36. The summed E-state index contributed by atoms with van der Waals surface area (Å²) in [6, 6.07) is 16.0. The van der Waals surface area contributed by atoms with Gasteiger partial charge in [0.2, 0.25) is 0 Å². The van der Waals surface area contributed by atoms with Gasteiger partial charge in [-0.25, -0.2) is 0 Å². The molecule has 0 N–H and O–H groups in total. The van der Waals surface area contributed by atoms with Gasteiger partial charge < -0.3 is 4.90 Å². The van der Waals surface area contributed by atoms with Gasteiger partial charge in [-0.1, -0.05) is 50.2 Å². The van der Waals surface area contributed by atoms with Gasteiger partial charge in [0.05, 0.1) is 0 Å². The Kier molecular flexibility index (Phi) is 2.49. The smallest absolute Gasteiger partial charge is 0.258 e. The molecule has 1 aliphatic heterocycles. The van der Waals surface area contributed by atoms with Crippen molar-refractivity contribution in [1.29, 1.82) is 0 Å². The lowest BCUT2D eigenvalue weighted by Gasteiger charge is -2.27. The fraction of sp³-hybridized carbons (Fsp3) is 0.235. The number of carbonyl (C=O) groups excluding carboxylic acids is 1. The van der Waals surface area contributed by atoms with Crippen molar-refractivity contribution in [2.75, 3.05) is 11.9 Å². The Morgan fingerprint density at radius 2 is 1.47 bits per heavy atom. The third-order valence-corrected chi connectivity index (χ3v) is 4.07. The molecule has 0 aromatic heterocycles. The van der Waals surface area contributed by atoms with Gasteiger partial charge in [-0.2, -0.15) is 0 Å². The predicted molar refractivity (Wildman–Crippen MR) is 77.7 cm³/mol. The maximum atomic E-state index is 12.6. The minimum Gasteiger partial charge on any atom is -0.311 e. The topological polar surface area (TPSA) is 20.3 Å². The number of hydrogen-bond acceptors (Lipinski definition) is 1. The Bertz CT molecular complexity index is 658. The summed E-state index contributed by atoms with van der Waals surface area (Å²) < 4.78 is 0. The molecule has 2 aromatic carbocycles. The average Bonchev–Trinajstić information content (AvgIpc) is 2.50. The van der Waals surface area contributed by atoms with Gasteiger partial charge >= 0.3 is 0 Å². The van der Waals surface area contributed by atoms with E-state index >= 15 is 0 Å². The fourth-order valence-corrected chi connectivity index (χ4v) is 2.94. The third kappa shape index (κ3) is 1.60. The maximum absolute atomic E-state index is 12.6. The number of anilines is 1. The van der Waals surface area contributed by atoms with Crippen LogP contribution in [0.4, 0.5) is 5.69 Å². The molecular formula is C17H17NO. The molecule has 1 aliphatic rings. The standard InChI is InChI=1S/C17H17NO/c1-17(2)13-9-5-4-8-12(13)16(19)18(3)15-11-7-6-10-14(15)17/h4-11H,1-3H3. The summed E-state index contributed by atoms with van der Waals surface area (Å²) >= 11 is 0. The molecular weight excluding hydrogens is 234 g/mol. The molecule has 96 valence electrons. The first-order valence-corrected chi connectivity index (χ1v) is 6.50. The van der Waals surface area contributed by atoms with Crippen molar-refractivity contribution in [1.82, 2.24) is 0 Å². The number of hydrogen-bond donors (Lipinski definition) is 0. The van der Waals surface area contributed by atoms with Crippen LogP contribution < -0.4 is 4.90 Å². The van der Waals surface area contributed by atoms with Crippen molar-refractivity contribution in [3.8, 4) is 0 Å². The number of rotatable bonds is 0. The van der Waals surface area contributed by atoms with Crippen LogP contribution in [0.1, 0.15) is 35.3 Å². The summed E-state index contributed by atoms with van der Waals surface area (Å²) in [4.78, 5) is 14.4. The quantitative estimate of drug-likeness (QED) is 0.700. The van der Waals surface area contributed by atoms with Crippen LogP contribution >= 0.6 is 0 Å². The molecule has 19 heavy (non-hydrogen) atoms. The van der Waals surface area contributed by atoms with Crippen LogP contribution in [0.2, 0.25) is 0 Å². The van der Waals surface area contributed by atoms with E-state index in [1.165, 1.54) is 5.56 Å². The molecule has 0 aliphatic carbocycles. The maximum Gasteiger partial charge on any atom is 0.258 e. The summed E-state index contributed by atoms with van der Waals surface area (Å²) in [7, 11) is 1.85. The number of para-hydroxylation sites is 1. The molecule has 2 aromatic rings. The van der Waals surface area contributed by atoms with Crippen LogP contribution in [0.3, 0.4) is 0 Å². The Balaban J connectivity index is 2.39. The summed E-state index contributed by atoms with van der Waals surface area (Å²) in [6.07, 6.45) is 0. The SMILES string of the molecule is CN1C(=O)c2ccccc2C(C)(C)c2ccccc21. The molecule has 0 fully saturated rings. The Morgan fingerprint density at radius 1 is 0.895 bits per heavy atom. The zero-order valence-corrected chi connectivity index (χ0v) is 11.5. The highest BCUT2D eigenvalue weighted by atomic mass is 16.2. The number of benzene rings is 2. The van der Waals surface area contributed by atoms with Gasteiger partial charge in [0.25, 0.3) is 5.91 Å². The van der Waals surface area contributed by atoms with E-state index in [4.69, 9.17) is 0 Å².